The molecule has 0 saturated carbocycles. The van der Waals surface area contributed by atoms with Crippen molar-refractivity contribution >= 4 is 50.5 Å². The highest BCUT2D eigenvalue weighted by Gasteiger charge is 2.18. The molecule has 1 aliphatic rings. The molecule has 0 amide bonds. The molecule has 0 radical (unpaired) electrons. The van der Waals surface area contributed by atoms with Crippen molar-refractivity contribution in [1.82, 2.24) is 9.97 Å². The maximum atomic E-state index is 13.5. The van der Waals surface area contributed by atoms with E-state index in [1.165, 1.54) is 24.6 Å². The van der Waals surface area contributed by atoms with Gasteiger partial charge in [-0.25, -0.2) is 14.8 Å². The number of hydrazone groups is 1. The lowest BCUT2D eigenvalue weighted by Crippen LogP contribution is -2.36. The van der Waals surface area contributed by atoms with Crippen LogP contribution in [-0.2, 0) is 4.74 Å². The number of fused-ring (bicyclic) bond motifs is 2. The Morgan fingerprint density at radius 1 is 1.23 bits per heavy atom. The van der Waals surface area contributed by atoms with E-state index in [-0.39, 0.29) is 16.4 Å². The lowest BCUT2D eigenvalue weighted by molar-refractivity contribution is 0.122. The van der Waals surface area contributed by atoms with Crippen molar-refractivity contribution in [2.75, 3.05) is 36.6 Å². The number of hydrogen-bond acceptors (Lipinski definition) is 9. The molecule has 152 valence electrons. The molecule has 8 nitrogen and oxygen atoms in total. The van der Waals surface area contributed by atoms with Crippen LogP contribution in [0.1, 0.15) is 5.56 Å². The Labute approximate surface area is 173 Å². The highest BCUT2D eigenvalue weighted by Crippen LogP contribution is 2.30. The molecule has 1 saturated heterocycles. The number of hydrogen-bond donors (Lipinski definition) is 1. The van der Waals surface area contributed by atoms with Crippen LogP contribution in [0.4, 0.5) is 16.2 Å². The first-order valence-electron chi connectivity index (χ1n) is 9.27. The zero-order valence-corrected chi connectivity index (χ0v) is 16.5. The van der Waals surface area contributed by atoms with E-state index in [1.807, 2.05) is 11.4 Å². The van der Waals surface area contributed by atoms with Crippen molar-refractivity contribution < 1.29 is 13.5 Å². The monoisotopic (exact) mass is 425 g/mol. The second kappa shape index (κ2) is 7.81. The van der Waals surface area contributed by atoms with Crippen molar-refractivity contribution in [3.63, 3.8) is 0 Å². The van der Waals surface area contributed by atoms with Crippen LogP contribution < -0.4 is 15.8 Å². The Morgan fingerprint density at radius 3 is 2.97 bits per heavy atom. The first-order chi connectivity index (χ1) is 14.7. The van der Waals surface area contributed by atoms with E-state index in [2.05, 4.69) is 25.4 Å². The number of aromatic nitrogens is 2. The summed E-state index contributed by atoms with van der Waals surface area (Å²) in [6, 6.07) is 5.73. The molecule has 0 bridgehead atoms. The van der Waals surface area contributed by atoms with Crippen LogP contribution in [0, 0.1) is 5.82 Å². The number of morpholine rings is 1. The minimum atomic E-state index is -0.505. The molecule has 10 heteroatoms. The van der Waals surface area contributed by atoms with Crippen LogP contribution in [0.15, 0.2) is 50.2 Å². The zero-order valence-electron chi connectivity index (χ0n) is 15.7. The molecule has 0 unspecified atom stereocenters. The third-order valence-corrected chi connectivity index (χ3v) is 5.63. The van der Waals surface area contributed by atoms with Crippen molar-refractivity contribution in [2.24, 2.45) is 5.10 Å². The van der Waals surface area contributed by atoms with E-state index >= 15 is 0 Å². The van der Waals surface area contributed by atoms with Gasteiger partial charge in [0.15, 0.2) is 5.82 Å². The molecule has 1 aromatic carbocycles. The molecule has 1 fully saturated rings. The topological polar surface area (TPSA) is 92.9 Å². The standard InChI is InChI=1S/C20H16FN5O3S/c21-13-1-2-16-14(9-13)17(27)12(11-29-16)10-22-25-20-23-15-3-8-30-18(15)19(24-20)26-4-6-28-7-5-26/h1-3,8-11H,4-7H2,(H,23,24,25)/b22-10+. The number of ether oxygens (including phenoxy) is 1. The summed E-state index contributed by atoms with van der Waals surface area (Å²) in [5, 5.41) is 6.21. The van der Waals surface area contributed by atoms with Gasteiger partial charge in [-0.15, -0.1) is 11.3 Å². The summed E-state index contributed by atoms with van der Waals surface area (Å²) < 4.78 is 25.3. The van der Waals surface area contributed by atoms with Crippen molar-refractivity contribution in [3.05, 3.63) is 57.5 Å². The van der Waals surface area contributed by atoms with Gasteiger partial charge in [0.1, 0.15) is 17.7 Å². The summed E-state index contributed by atoms with van der Waals surface area (Å²) in [7, 11) is 0. The normalized spacial score (nSPS) is 14.8. The second-order valence-electron chi connectivity index (χ2n) is 6.64. The molecule has 4 aromatic rings. The van der Waals surface area contributed by atoms with Crippen LogP contribution in [-0.4, -0.2) is 42.5 Å². The van der Waals surface area contributed by atoms with Crippen LogP contribution in [0.25, 0.3) is 21.2 Å². The van der Waals surface area contributed by atoms with E-state index in [0.29, 0.717) is 24.7 Å². The second-order valence-corrected chi connectivity index (χ2v) is 7.55. The van der Waals surface area contributed by atoms with Crippen molar-refractivity contribution in [2.45, 2.75) is 0 Å². The van der Waals surface area contributed by atoms with Crippen molar-refractivity contribution in [3.8, 4) is 0 Å². The van der Waals surface area contributed by atoms with Crippen LogP contribution >= 0.6 is 11.3 Å². The van der Waals surface area contributed by atoms with Gasteiger partial charge in [-0.05, 0) is 29.6 Å². The number of nitrogens with zero attached hydrogens (tertiary/aromatic N) is 4. The molecular formula is C20H16FN5O3S. The van der Waals surface area contributed by atoms with Crippen molar-refractivity contribution in [1.29, 1.82) is 0 Å². The van der Waals surface area contributed by atoms with Gasteiger partial charge in [-0.1, -0.05) is 0 Å². The number of rotatable bonds is 4. The summed E-state index contributed by atoms with van der Waals surface area (Å²) in [5.41, 5.74) is 3.72. The number of benzene rings is 1. The average Bonchev–Trinajstić information content (AvgIpc) is 3.24. The molecular weight excluding hydrogens is 409 g/mol. The molecule has 4 heterocycles. The minimum Gasteiger partial charge on any atom is -0.463 e. The van der Waals surface area contributed by atoms with E-state index in [0.717, 1.165) is 35.2 Å². The van der Waals surface area contributed by atoms with Crippen LogP contribution in [0.3, 0.4) is 0 Å². The van der Waals surface area contributed by atoms with Gasteiger partial charge in [-0.2, -0.15) is 10.1 Å². The Balaban J connectivity index is 1.44. The molecule has 5 rings (SSSR count). The first kappa shape index (κ1) is 18.6. The summed E-state index contributed by atoms with van der Waals surface area (Å²) in [4.78, 5) is 23.8. The Hall–Kier alpha value is -3.37. The zero-order chi connectivity index (χ0) is 20.5. The largest absolute Gasteiger partial charge is 0.463 e. The highest BCUT2D eigenvalue weighted by molar-refractivity contribution is 7.17. The highest BCUT2D eigenvalue weighted by atomic mass is 32.1. The quantitative estimate of drug-likeness (QED) is 0.396. The maximum absolute atomic E-state index is 13.5. The lowest BCUT2D eigenvalue weighted by Gasteiger charge is -2.28. The predicted molar refractivity (Wildman–Crippen MR) is 114 cm³/mol. The first-order valence-corrected chi connectivity index (χ1v) is 10.1. The fourth-order valence-corrected chi connectivity index (χ4v) is 4.10. The number of thiophene rings is 1. The maximum Gasteiger partial charge on any atom is 0.246 e. The smallest absolute Gasteiger partial charge is 0.246 e. The van der Waals surface area contributed by atoms with Crippen LogP contribution in [0.2, 0.25) is 0 Å². The summed E-state index contributed by atoms with van der Waals surface area (Å²) in [6.45, 7) is 2.80. The minimum absolute atomic E-state index is 0.157. The van der Waals surface area contributed by atoms with E-state index in [9.17, 15) is 9.18 Å². The third-order valence-electron chi connectivity index (χ3n) is 4.73. The van der Waals surface area contributed by atoms with Gasteiger partial charge in [0.2, 0.25) is 11.4 Å². The Morgan fingerprint density at radius 2 is 2.10 bits per heavy atom. The molecule has 1 N–H and O–H groups in total. The summed E-state index contributed by atoms with van der Waals surface area (Å²) in [5.74, 6) is 0.640. The Bertz CT molecular complexity index is 1310. The fourth-order valence-electron chi connectivity index (χ4n) is 3.25. The van der Waals surface area contributed by atoms with Gasteiger partial charge in [0.05, 0.1) is 40.6 Å². The number of halogens is 1. The Kier molecular flexibility index (Phi) is 4.85. The summed E-state index contributed by atoms with van der Waals surface area (Å²) >= 11 is 1.58. The van der Waals surface area contributed by atoms with Gasteiger partial charge < -0.3 is 14.1 Å². The summed E-state index contributed by atoms with van der Waals surface area (Å²) in [6.07, 6.45) is 2.60. The fraction of sp³-hybridized carbons (Fsp3) is 0.200. The number of anilines is 2. The molecule has 0 aliphatic carbocycles. The van der Waals surface area contributed by atoms with Gasteiger partial charge in [-0.3, -0.25) is 4.79 Å². The third kappa shape index (κ3) is 3.51. The number of nitrogens with one attached hydrogen (secondary N) is 1. The molecule has 30 heavy (non-hydrogen) atoms. The SMILES string of the molecule is O=c1c(/C=N/Nc2nc(N3CCOCC3)c3sccc3n2)coc2ccc(F)cc12. The molecule has 1 aliphatic heterocycles. The van der Waals surface area contributed by atoms with E-state index < -0.39 is 5.82 Å². The van der Waals surface area contributed by atoms with E-state index in [4.69, 9.17) is 9.15 Å². The van der Waals surface area contributed by atoms with E-state index in [1.54, 1.807) is 11.3 Å². The average molecular weight is 425 g/mol. The predicted octanol–water partition coefficient (Wildman–Crippen LogP) is 3.22. The molecule has 0 atom stereocenters. The molecule has 3 aromatic heterocycles. The lowest BCUT2D eigenvalue weighted by atomic mass is 10.2. The van der Waals surface area contributed by atoms with Gasteiger partial charge in [0, 0.05) is 13.1 Å². The van der Waals surface area contributed by atoms with Crippen LogP contribution in [0.5, 0.6) is 0 Å². The van der Waals surface area contributed by atoms with Gasteiger partial charge in [0.25, 0.3) is 0 Å². The molecule has 0 spiro atoms. The van der Waals surface area contributed by atoms with Gasteiger partial charge >= 0.3 is 0 Å².